The fourth-order valence-electron chi connectivity index (χ4n) is 3.36. The summed E-state index contributed by atoms with van der Waals surface area (Å²) in [6, 6.07) is 6.33. The van der Waals surface area contributed by atoms with Crippen LogP contribution in [0, 0.1) is 6.92 Å². The van der Waals surface area contributed by atoms with Crippen molar-refractivity contribution in [3.8, 4) is 0 Å². The van der Waals surface area contributed by atoms with E-state index in [-0.39, 0.29) is 29.9 Å². The van der Waals surface area contributed by atoms with E-state index in [1.807, 2.05) is 6.92 Å². The molecule has 2 aromatic rings. The normalized spacial score (nSPS) is 11.9. The van der Waals surface area contributed by atoms with Crippen LogP contribution in [0.4, 0.5) is 0 Å². The van der Waals surface area contributed by atoms with Gasteiger partial charge in [0.15, 0.2) is 15.6 Å². The number of nitrogens with zero attached hydrogens (tertiary/aromatic N) is 3. The number of aryl methyl sites for hydroxylation is 1. The lowest BCUT2D eigenvalue weighted by Gasteiger charge is -2.15. The SMILES string of the molecule is CCC(O)Cn1c(=O)n(C)c(=O)n(CC(O)CC)c1=O.COC(=O)CCSSCCC(=O)OC.COC(=O)CS(=O)(=O)c1ccc(C)cc1. The zero-order valence-corrected chi connectivity index (χ0v) is 31.2. The Labute approximate surface area is 293 Å². The topological polar surface area (TPSA) is 219 Å². The molecule has 19 heteroatoms. The first kappa shape index (κ1) is 45.6. The molecule has 0 aliphatic rings. The van der Waals surface area contributed by atoms with E-state index in [4.69, 9.17) is 0 Å². The Kier molecular flexibility index (Phi) is 22.2. The molecule has 0 saturated heterocycles. The summed E-state index contributed by atoms with van der Waals surface area (Å²) in [5.41, 5.74) is -1.38. The lowest BCUT2D eigenvalue weighted by atomic mass is 10.2. The summed E-state index contributed by atoms with van der Waals surface area (Å²) in [7, 11) is 4.71. The Morgan fingerprint density at radius 2 is 1.12 bits per heavy atom. The molecule has 2 rings (SSSR count). The maximum Gasteiger partial charge on any atom is 0.336 e. The Hall–Kier alpha value is -3.39. The van der Waals surface area contributed by atoms with Gasteiger partial charge in [-0.25, -0.2) is 36.5 Å². The number of hydrogen-bond donors (Lipinski definition) is 2. The number of aromatic nitrogens is 3. The van der Waals surface area contributed by atoms with Gasteiger partial charge in [-0.15, -0.1) is 0 Å². The number of carbonyl (C=O) groups excluding carboxylic acids is 3. The van der Waals surface area contributed by atoms with Crippen molar-refractivity contribution in [3.63, 3.8) is 0 Å². The molecule has 0 fully saturated rings. The van der Waals surface area contributed by atoms with E-state index < -0.39 is 50.8 Å². The van der Waals surface area contributed by atoms with Gasteiger partial charge in [-0.1, -0.05) is 53.1 Å². The van der Waals surface area contributed by atoms with Crippen LogP contribution in [-0.4, -0.2) is 101 Å². The van der Waals surface area contributed by atoms with E-state index in [9.17, 15) is 47.4 Å². The maximum absolute atomic E-state index is 12.2. The molecule has 16 nitrogen and oxygen atoms in total. The van der Waals surface area contributed by atoms with Crippen LogP contribution in [0.1, 0.15) is 45.1 Å². The molecule has 49 heavy (non-hydrogen) atoms. The van der Waals surface area contributed by atoms with Gasteiger partial charge in [-0.2, -0.15) is 0 Å². The van der Waals surface area contributed by atoms with Crippen molar-refractivity contribution in [3.05, 3.63) is 61.3 Å². The first-order valence-electron chi connectivity index (χ1n) is 15.0. The van der Waals surface area contributed by atoms with Crippen LogP contribution in [0.25, 0.3) is 0 Å². The van der Waals surface area contributed by atoms with Crippen molar-refractivity contribution >= 4 is 49.3 Å². The Morgan fingerprint density at radius 3 is 1.47 bits per heavy atom. The number of hydrogen-bond acceptors (Lipinski definition) is 15. The van der Waals surface area contributed by atoms with Gasteiger partial charge in [-0.05, 0) is 31.9 Å². The summed E-state index contributed by atoms with van der Waals surface area (Å²) < 4.78 is 38.9. The molecule has 0 spiro atoms. The molecule has 1 aromatic heterocycles. The van der Waals surface area contributed by atoms with Crippen molar-refractivity contribution in [2.45, 2.75) is 76.6 Å². The lowest BCUT2D eigenvalue weighted by molar-refractivity contribution is -0.141. The molecule has 2 unspecified atom stereocenters. The summed E-state index contributed by atoms with van der Waals surface area (Å²) in [6.07, 6.45) is -0.109. The highest BCUT2D eigenvalue weighted by atomic mass is 33.1. The van der Waals surface area contributed by atoms with Gasteiger partial charge in [0.25, 0.3) is 0 Å². The molecule has 1 heterocycles. The van der Waals surface area contributed by atoms with Crippen LogP contribution in [-0.2, 0) is 58.6 Å². The number of benzene rings is 1. The highest BCUT2D eigenvalue weighted by Crippen LogP contribution is 2.22. The summed E-state index contributed by atoms with van der Waals surface area (Å²) in [5, 5.41) is 19.2. The average Bonchev–Trinajstić information content (AvgIpc) is 3.09. The first-order valence-corrected chi connectivity index (χ1v) is 19.1. The fraction of sp³-hybridized carbons (Fsp3) is 0.600. The predicted octanol–water partition coefficient (Wildman–Crippen LogP) is 0.686. The fourth-order valence-corrected chi connectivity index (χ4v) is 6.45. The summed E-state index contributed by atoms with van der Waals surface area (Å²) in [6.45, 7) is 4.94. The average molecular weight is 754 g/mol. The molecule has 2 N–H and O–H groups in total. The summed E-state index contributed by atoms with van der Waals surface area (Å²) in [5.74, 6) is -0.364. The molecule has 0 aliphatic carbocycles. The van der Waals surface area contributed by atoms with Gasteiger partial charge in [0.05, 0.1) is 64.4 Å². The van der Waals surface area contributed by atoms with Crippen LogP contribution in [0.2, 0.25) is 0 Å². The number of methoxy groups -OCH3 is 3. The van der Waals surface area contributed by atoms with E-state index in [2.05, 4.69) is 14.2 Å². The lowest BCUT2D eigenvalue weighted by Crippen LogP contribution is -2.55. The van der Waals surface area contributed by atoms with Gasteiger partial charge in [0, 0.05) is 18.6 Å². The van der Waals surface area contributed by atoms with Gasteiger partial charge in [-0.3, -0.25) is 14.4 Å². The smallest absolute Gasteiger partial charge is 0.336 e. The minimum absolute atomic E-state index is 0.138. The van der Waals surface area contributed by atoms with Gasteiger partial charge in [0.1, 0.15) is 0 Å². The van der Waals surface area contributed by atoms with E-state index in [1.165, 1.54) is 33.4 Å². The van der Waals surface area contributed by atoms with Gasteiger partial charge >= 0.3 is 35.0 Å². The van der Waals surface area contributed by atoms with Gasteiger partial charge < -0.3 is 24.4 Å². The molecular formula is C30H47N3O13S3. The second kappa shape index (κ2) is 23.9. The summed E-state index contributed by atoms with van der Waals surface area (Å²) >= 11 is 0. The van der Waals surface area contributed by atoms with Crippen LogP contribution in [0.15, 0.2) is 43.5 Å². The third kappa shape index (κ3) is 17.2. The van der Waals surface area contributed by atoms with E-state index >= 15 is 0 Å². The van der Waals surface area contributed by atoms with E-state index in [0.717, 1.165) is 26.4 Å². The number of esters is 3. The number of rotatable bonds is 16. The molecule has 0 radical (unpaired) electrons. The predicted molar refractivity (Wildman–Crippen MR) is 186 cm³/mol. The standard InChI is InChI=1S/C12H21N3O5.C10H12O4S.C8H14O4S2/c1-4-8(16)6-14-10(18)13(3)11(19)15(12(14)20)7-9(17)5-2;1-8-3-5-9(6-4-8)15(12,13)7-10(11)14-2;1-11-7(9)3-5-13-14-6-4-8(10)12-2/h8-9,16-17H,4-7H2,1-3H3;3-6H,7H2,1-2H3;3-6H2,1-2H3. The monoisotopic (exact) mass is 753 g/mol. The second-order valence-electron chi connectivity index (χ2n) is 10.2. The van der Waals surface area contributed by atoms with Crippen molar-refractivity contribution in [1.29, 1.82) is 0 Å². The largest absolute Gasteiger partial charge is 0.469 e. The number of sulfone groups is 1. The molecule has 0 bridgehead atoms. The number of carbonyl (C=O) groups is 3. The number of aliphatic hydroxyl groups is 2. The minimum atomic E-state index is -3.56. The Balaban J connectivity index is 0.000000721. The van der Waals surface area contributed by atoms with Crippen LogP contribution in [0.5, 0.6) is 0 Å². The van der Waals surface area contributed by atoms with Crippen LogP contribution < -0.4 is 17.1 Å². The highest BCUT2D eigenvalue weighted by Gasteiger charge is 2.19. The third-order valence-corrected chi connectivity index (χ3v) is 10.5. The van der Waals surface area contributed by atoms with Crippen molar-refractivity contribution in [1.82, 2.24) is 13.7 Å². The Bertz CT molecular complexity index is 1550. The quantitative estimate of drug-likeness (QED) is 0.104. The molecular weight excluding hydrogens is 707 g/mol. The zero-order valence-electron chi connectivity index (χ0n) is 28.8. The van der Waals surface area contributed by atoms with E-state index in [0.29, 0.717) is 37.2 Å². The first-order chi connectivity index (χ1) is 23.0. The second-order valence-corrected chi connectivity index (χ2v) is 14.9. The Morgan fingerprint density at radius 1 is 0.735 bits per heavy atom. The van der Waals surface area contributed by atoms with Crippen molar-refractivity contribution in [2.24, 2.45) is 7.05 Å². The number of aliphatic hydroxyl groups excluding tert-OH is 2. The molecule has 1 aromatic carbocycles. The number of ether oxygens (including phenoxy) is 3. The van der Waals surface area contributed by atoms with Gasteiger partial charge in [0.2, 0.25) is 0 Å². The minimum Gasteiger partial charge on any atom is -0.469 e. The van der Waals surface area contributed by atoms with Crippen molar-refractivity contribution < 1.29 is 47.2 Å². The molecule has 0 aliphatic heterocycles. The molecule has 0 saturated carbocycles. The molecule has 0 amide bonds. The maximum atomic E-state index is 12.2. The van der Waals surface area contributed by atoms with Crippen molar-refractivity contribution in [2.75, 3.05) is 38.6 Å². The van der Waals surface area contributed by atoms with E-state index in [1.54, 1.807) is 47.6 Å². The van der Waals surface area contributed by atoms with Crippen LogP contribution >= 0.6 is 21.6 Å². The summed E-state index contributed by atoms with van der Waals surface area (Å²) in [4.78, 5) is 68.3. The molecule has 2 atom stereocenters. The van der Waals surface area contributed by atoms with Crippen LogP contribution in [0.3, 0.4) is 0 Å². The molecule has 278 valence electrons. The highest BCUT2D eigenvalue weighted by molar-refractivity contribution is 8.76. The third-order valence-electron chi connectivity index (χ3n) is 6.46. The zero-order chi connectivity index (χ0) is 37.7.